The summed E-state index contributed by atoms with van der Waals surface area (Å²) in [6.45, 7) is 8.55. The molecule has 5 nitrogen and oxygen atoms in total. The number of benzene rings is 1. The van der Waals surface area contributed by atoms with Crippen LogP contribution in [-0.4, -0.2) is 31.1 Å². The summed E-state index contributed by atoms with van der Waals surface area (Å²) >= 11 is 0. The standard InChI is InChI=1S/C17H24N2O3/c1-5-13-17(21)19(8-7-16(20)22-6-2)15-10-12(4)11(3)9-14(15)18-13/h9-10,13,18H,5-8H2,1-4H3. The fourth-order valence-electron chi connectivity index (χ4n) is 2.64. The van der Waals surface area contributed by atoms with Crippen LogP contribution in [0.5, 0.6) is 0 Å². The Morgan fingerprint density at radius 2 is 1.95 bits per heavy atom. The van der Waals surface area contributed by atoms with E-state index in [1.807, 2.05) is 19.9 Å². The molecule has 22 heavy (non-hydrogen) atoms. The molecule has 0 radical (unpaired) electrons. The second kappa shape index (κ2) is 6.81. The largest absolute Gasteiger partial charge is 0.466 e. The maximum absolute atomic E-state index is 12.6. The number of rotatable bonds is 5. The Balaban J connectivity index is 2.28. The molecule has 2 rings (SSSR count). The summed E-state index contributed by atoms with van der Waals surface area (Å²) in [5.74, 6) is -0.255. The van der Waals surface area contributed by atoms with Gasteiger partial charge in [0, 0.05) is 6.54 Å². The van der Waals surface area contributed by atoms with Crippen molar-refractivity contribution in [3.63, 3.8) is 0 Å². The number of aryl methyl sites for hydroxylation is 2. The minimum absolute atomic E-state index is 0.0163. The number of nitrogens with one attached hydrogen (secondary N) is 1. The highest BCUT2D eigenvalue weighted by molar-refractivity contribution is 6.05. The zero-order valence-corrected chi connectivity index (χ0v) is 13.7. The van der Waals surface area contributed by atoms with Crippen LogP contribution in [0.15, 0.2) is 12.1 Å². The minimum Gasteiger partial charge on any atom is -0.466 e. The van der Waals surface area contributed by atoms with Gasteiger partial charge in [-0.05, 0) is 50.5 Å². The lowest BCUT2D eigenvalue weighted by Crippen LogP contribution is -2.47. The van der Waals surface area contributed by atoms with E-state index < -0.39 is 0 Å². The zero-order chi connectivity index (χ0) is 16.3. The maximum Gasteiger partial charge on any atom is 0.307 e. The van der Waals surface area contributed by atoms with E-state index in [0.29, 0.717) is 19.6 Å². The number of amides is 1. The molecule has 1 heterocycles. The molecule has 0 spiro atoms. The van der Waals surface area contributed by atoms with Gasteiger partial charge in [0.2, 0.25) is 5.91 Å². The third kappa shape index (κ3) is 3.24. The van der Waals surface area contributed by atoms with Crippen LogP contribution >= 0.6 is 0 Å². The first-order valence-electron chi connectivity index (χ1n) is 7.82. The van der Waals surface area contributed by atoms with E-state index in [1.165, 1.54) is 5.56 Å². The van der Waals surface area contributed by atoms with Crippen LogP contribution < -0.4 is 10.2 Å². The molecule has 0 saturated heterocycles. The molecule has 1 atom stereocenters. The monoisotopic (exact) mass is 304 g/mol. The minimum atomic E-state index is -0.271. The molecule has 1 aromatic carbocycles. The molecule has 1 unspecified atom stereocenters. The van der Waals surface area contributed by atoms with Gasteiger partial charge in [0.15, 0.2) is 0 Å². The fourth-order valence-corrected chi connectivity index (χ4v) is 2.64. The number of hydrogen-bond donors (Lipinski definition) is 1. The molecule has 120 valence electrons. The van der Waals surface area contributed by atoms with Gasteiger partial charge < -0.3 is 15.0 Å². The molecular weight excluding hydrogens is 280 g/mol. The van der Waals surface area contributed by atoms with Gasteiger partial charge >= 0.3 is 5.97 Å². The van der Waals surface area contributed by atoms with Crippen molar-refractivity contribution in [3.8, 4) is 0 Å². The highest BCUT2D eigenvalue weighted by Crippen LogP contribution is 2.34. The van der Waals surface area contributed by atoms with Crippen molar-refractivity contribution in [1.82, 2.24) is 0 Å². The molecule has 0 saturated carbocycles. The average Bonchev–Trinajstić information content (AvgIpc) is 2.48. The summed E-state index contributed by atoms with van der Waals surface area (Å²) in [4.78, 5) is 25.9. The lowest BCUT2D eigenvalue weighted by molar-refractivity contribution is -0.142. The number of hydrogen-bond acceptors (Lipinski definition) is 4. The quantitative estimate of drug-likeness (QED) is 0.850. The lowest BCUT2D eigenvalue weighted by atomic mass is 10.0. The van der Waals surface area contributed by atoms with Gasteiger partial charge in [0.05, 0.1) is 24.4 Å². The third-order valence-electron chi connectivity index (χ3n) is 4.05. The highest BCUT2D eigenvalue weighted by atomic mass is 16.5. The Labute approximate surface area is 131 Å². The summed E-state index contributed by atoms with van der Waals surface area (Å²) in [6.07, 6.45) is 0.920. The van der Waals surface area contributed by atoms with Crippen LogP contribution in [0.25, 0.3) is 0 Å². The first kappa shape index (κ1) is 16.3. The normalized spacial score (nSPS) is 17.0. The summed E-state index contributed by atoms with van der Waals surface area (Å²) in [5, 5.41) is 3.30. The Bertz CT molecular complexity index is 584. The highest BCUT2D eigenvalue weighted by Gasteiger charge is 2.31. The van der Waals surface area contributed by atoms with Gasteiger partial charge in [0.25, 0.3) is 0 Å². The molecule has 0 aliphatic carbocycles. The molecule has 1 aromatic rings. The van der Waals surface area contributed by atoms with E-state index in [1.54, 1.807) is 11.8 Å². The van der Waals surface area contributed by atoms with Crippen molar-refractivity contribution in [1.29, 1.82) is 0 Å². The van der Waals surface area contributed by atoms with Gasteiger partial charge in [-0.25, -0.2) is 0 Å². The van der Waals surface area contributed by atoms with Crippen LogP contribution in [0.1, 0.15) is 37.8 Å². The maximum atomic E-state index is 12.6. The smallest absolute Gasteiger partial charge is 0.307 e. The molecule has 1 N–H and O–H groups in total. The first-order valence-corrected chi connectivity index (χ1v) is 7.82. The molecule has 5 heteroatoms. The van der Waals surface area contributed by atoms with E-state index in [2.05, 4.69) is 18.3 Å². The molecule has 0 aromatic heterocycles. The topological polar surface area (TPSA) is 58.6 Å². The van der Waals surface area contributed by atoms with Gasteiger partial charge in [0.1, 0.15) is 6.04 Å². The van der Waals surface area contributed by atoms with E-state index in [0.717, 1.165) is 16.9 Å². The Morgan fingerprint density at radius 3 is 2.59 bits per heavy atom. The van der Waals surface area contributed by atoms with Crippen LogP contribution in [0, 0.1) is 13.8 Å². The van der Waals surface area contributed by atoms with Crippen molar-refractivity contribution in [3.05, 3.63) is 23.3 Å². The Hall–Kier alpha value is -2.04. The predicted molar refractivity (Wildman–Crippen MR) is 87.2 cm³/mol. The van der Waals surface area contributed by atoms with E-state index in [4.69, 9.17) is 4.74 Å². The predicted octanol–water partition coefficient (Wildman–Crippen LogP) is 2.79. The molecule has 1 aliphatic rings. The number of carbonyl (C=O) groups excluding carboxylic acids is 2. The van der Waals surface area contributed by atoms with Gasteiger partial charge in [-0.1, -0.05) is 6.92 Å². The van der Waals surface area contributed by atoms with Crippen LogP contribution in [0.2, 0.25) is 0 Å². The Morgan fingerprint density at radius 1 is 1.27 bits per heavy atom. The van der Waals surface area contributed by atoms with Crippen LogP contribution in [-0.2, 0) is 14.3 Å². The van der Waals surface area contributed by atoms with Crippen molar-refractivity contribution < 1.29 is 14.3 Å². The summed E-state index contributed by atoms with van der Waals surface area (Å²) in [6, 6.07) is 3.83. The molecule has 1 amide bonds. The number of ether oxygens (including phenoxy) is 1. The fraction of sp³-hybridized carbons (Fsp3) is 0.529. The van der Waals surface area contributed by atoms with Crippen LogP contribution in [0.4, 0.5) is 11.4 Å². The van der Waals surface area contributed by atoms with Crippen molar-refractivity contribution in [2.75, 3.05) is 23.4 Å². The number of nitrogens with zero attached hydrogens (tertiary/aromatic N) is 1. The summed E-state index contributed by atoms with van der Waals surface area (Å²) in [7, 11) is 0. The number of esters is 1. The Kier molecular flexibility index (Phi) is 5.06. The molecule has 0 bridgehead atoms. The van der Waals surface area contributed by atoms with Gasteiger partial charge in [-0.15, -0.1) is 0 Å². The van der Waals surface area contributed by atoms with Gasteiger partial charge in [-0.3, -0.25) is 9.59 Å². The van der Waals surface area contributed by atoms with Crippen molar-refractivity contribution in [2.24, 2.45) is 0 Å². The van der Waals surface area contributed by atoms with Gasteiger partial charge in [-0.2, -0.15) is 0 Å². The third-order valence-corrected chi connectivity index (χ3v) is 4.05. The molecule has 1 aliphatic heterocycles. The molecular formula is C17H24N2O3. The molecule has 0 fully saturated rings. The summed E-state index contributed by atoms with van der Waals surface area (Å²) in [5.41, 5.74) is 4.12. The number of fused-ring (bicyclic) bond motifs is 1. The number of anilines is 2. The van der Waals surface area contributed by atoms with E-state index >= 15 is 0 Å². The van der Waals surface area contributed by atoms with Crippen molar-refractivity contribution in [2.45, 2.75) is 46.6 Å². The average molecular weight is 304 g/mol. The zero-order valence-electron chi connectivity index (χ0n) is 13.7. The number of carbonyl (C=O) groups is 2. The summed E-state index contributed by atoms with van der Waals surface area (Å²) < 4.78 is 4.96. The van der Waals surface area contributed by atoms with Crippen LogP contribution in [0.3, 0.4) is 0 Å². The first-order chi connectivity index (χ1) is 10.5. The second-order valence-corrected chi connectivity index (χ2v) is 5.60. The van der Waals surface area contributed by atoms with E-state index in [9.17, 15) is 9.59 Å². The SMILES string of the molecule is CCOC(=O)CCN1C(=O)C(CC)Nc2cc(C)c(C)cc21. The second-order valence-electron chi connectivity index (χ2n) is 5.60. The van der Waals surface area contributed by atoms with Crippen molar-refractivity contribution >= 4 is 23.3 Å². The lowest BCUT2D eigenvalue weighted by Gasteiger charge is -2.35. The van der Waals surface area contributed by atoms with E-state index in [-0.39, 0.29) is 24.3 Å².